The van der Waals surface area contributed by atoms with Crippen LogP contribution >= 0.6 is 11.6 Å². The summed E-state index contributed by atoms with van der Waals surface area (Å²) < 4.78 is 5.11. The molecule has 0 saturated carbocycles. The van der Waals surface area contributed by atoms with Gasteiger partial charge < -0.3 is 9.84 Å². The Kier molecular flexibility index (Phi) is 4.52. The molecule has 1 aromatic heterocycles. The molecule has 0 amide bonds. The number of aromatic nitrogens is 1. The number of hydrogen-bond donors (Lipinski definition) is 1. The third-order valence-corrected chi connectivity index (χ3v) is 2.26. The van der Waals surface area contributed by atoms with Gasteiger partial charge in [0, 0.05) is 12.7 Å². The van der Waals surface area contributed by atoms with Gasteiger partial charge in [0.25, 0.3) is 0 Å². The molecule has 0 aliphatic heterocycles. The largest absolute Gasteiger partial charge is 0.493 e. The van der Waals surface area contributed by atoms with Crippen molar-refractivity contribution in [1.82, 2.24) is 9.88 Å². The van der Waals surface area contributed by atoms with Crippen LogP contribution in [0.3, 0.4) is 0 Å². The van der Waals surface area contributed by atoms with Crippen molar-refractivity contribution in [2.45, 2.75) is 6.54 Å². The van der Waals surface area contributed by atoms with Crippen LogP contribution in [-0.4, -0.2) is 41.7 Å². The molecular formula is C10H13ClN2O3. The zero-order chi connectivity index (χ0) is 12.1. The van der Waals surface area contributed by atoms with Gasteiger partial charge >= 0.3 is 5.97 Å². The monoisotopic (exact) mass is 244 g/mol. The van der Waals surface area contributed by atoms with Gasteiger partial charge in [-0.05, 0) is 13.1 Å². The lowest BCUT2D eigenvalue weighted by molar-refractivity contribution is -0.138. The lowest BCUT2D eigenvalue weighted by atomic mass is 10.3. The fourth-order valence-electron chi connectivity index (χ4n) is 1.34. The first-order chi connectivity index (χ1) is 7.54. The Labute approximate surface area is 98.6 Å². The highest BCUT2D eigenvalue weighted by atomic mass is 35.5. The summed E-state index contributed by atoms with van der Waals surface area (Å²) in [5.41, 5.74) is 0.624. The molecule has 0 atom stereocenters. The van der Waals surface area contributed by atoms with Crippen LogP contribution in [0.25, 0.3) is 0 Å². The maximum Gasteiger partial charge on any atom is 0.317 e. The summed E-state index contributed by atoms with van der Waals surface area (Å²) in [4.78, 5) is 16.2. The Balaban J connectivity index is 2.80. The highest BCUT2D eigenvalue weighted by Gasteiger charge is 2.12. The first-order valence-electron chi connectivity index (χ1n) is 4.62. The third-order valence-electron chi connectivity index (χ3n) is 1.96. The molecule has 1 heterocycles. The zero-order valence-corrected chi connectivity index (χ0v) is 9.86. The Morgan fingerprint density at radius 3 is 2.94 bits per heavy atom. The Morgan fingerprint density at radius 1 is 1.69 bits per heavy atom. The van der Waals surface area contributed by atoms with E-state index >= 15 is 0 Å². The van der Waals surface area contributed by atoms with Crippen molar-refractivity contribution in [3.63, 3.8) is 0 Å². The Morgan fingerprint density at radius 2 is 2.38 bits per heavy atom. The molecule has 1 rings (SSSR count). The Bertz CT molecular complexity index is 384. The van der Waals surface area contributed by atoms with E-state index < -0.39 is 5.97 Å². The van der Waals surface area contributed by atoms with Crippen LogP contribution < -0.4 is 4.74 Å². The number of rotatable bonds is 5. The lowest BCUT2D eigenvalue weighted by Crippen LogP contribution is -2.25. The van der Waals surface area contributed by atoms with Crippen LogP contribution in [0.15, 0.2) is 12.3 Å². The molecule has 0 unspecified atom stereocenters. The summed E-state index contributed by atoms with van der Waals surface area (Å²) >= 11 is 5.92. The standard InChI is InChI=1S/C10H13ClN2O3/c1-13(6-9(14)15)5-8-10(16-2)7(11)3-4-12-8/h3-4H,5-6H2,1-2H3,(H,14,15). The maximum atomic E-state index is 10.5. The molecule has 0 saturated heterocycles. The van der Waals surface area contributed by atoms with Gasteiger partial charge in [0.2, 0.25) is 0 Å². The van der Waals surface area contributed by atoms with E-state index in [0.29, 0.717) is 23.0 Å². The van der Waals surface area contributed by atoms with Gasteiger partial charge in [0.15, 0.2) is 5.75 Å². The van der Waals surface area contributed by atoms with E-state index in [2.05, 4.69) is 4.98 Å². The van der Waals surface area contributed by atoms with Gasteiger partial charge in [-0.2, -0.15) is 0 Å². The average Bonchev–Trinajstić information content (AvgIpc) is 2.16. The number of ether oxygens (including phenoxy) is 1. The van der Waals surface area contributed by atoms with Gasteiger partial charge in [-0.15, -0.1) is 0 Å². The second-order valence-corrected chi connectivity index (χ2v) is 3.75. The highest BCUT2D eigenvalue weighted by molar-refractivity contribution is 6.32. The number of carboxylic acids is 1. The van der Waals surface area contributed by atoms with Crippen LogP contribution in [0.5, 0.6) is 5.75 Å². The number of pyridine rings is 1. The minimum absolute atomic E-state index is 0.0582. The van der Waals surface area contributed by atoms with Crippen molar-refractivity contribution in [2.75, 3.05) is 20.7 Å². The molecule has 5 nitrogen and oxygen atoms in total. The number of nitrogens with zero attached hydrogens (tertiary/aromatic N) is 2. The summed E-state index contributed by atoms with van der Waals surface area (Å²) in [6.45, 7) is 0.313. The van der Waals surface area contributed by atoms with Crippen molar-refractivity contribution in [2.24, 2.45) is 0 Å². The van der Waals surface area contributed by atoms with Crippen molar-refractivity contribution in [1.29, 1.82) is 0 Å². The highest BCUT2D eigenvalue weighted by Crippen LogP contribution is 2.26. The van der Waals surface area contributed by atoms with E-state index in [9.17, 15) is 4.79 Å². The molecule has 0 spiro atoms. The number of halogens is 1. The van der Waals surface area contributed by atoms with Crippen molar-refractivity contribution in [3.8, 4) is 5.75 Å². The molecule has 1 aromatic rings. The van der Waals surface area contributed by atoms with Crippen LogP contribution in [0.4, 0.5) is 0 Å². The second kappa shape index (κ2) is 5.67. The molecule has 0 bridgehead atoms. The minimum atomic E-state index is -0.886. The minimum Gasteiger partial charge on any atom is -0.493 e. The molecule has 0 aliphatic carbocycles. The van der Waals surface area contributed by atoms with Gasteiger partial charge in [0.05, 0.1) is 24.4 Å². The van der Waals surface area contributed by atoms with Crippen molar-refractivity contribution in [3.05, 3.63) is 23.0 Å². The van der Waals surface area contributed by atoms with Gasteiger partial charge in [-0.25, -0.2) is 0 Å². The fraction of sp³-hybridized carbons (Fsp3) is 0.400. The van der Waals surface area contributed by atoms with E-state index in [-0.39, 0.29) is 6.54 Å². The van der Waals surface area contributed by atoms with E-state index in [1.54, 1.807) is 24.2 Å². The number of carbonyl (C=O) groups is 1. The molecule has 16 heavy (non-hydrogen) atoms. The molecule has 6 heteroatoms. The summed E-state index contributed by atoms with van der Waals surface area (Å²) in [5, 5.41) is 9.09. The first kappa shape index (κ1) is 12.7. The number of carboxylic acid groups (broad SMARTS) is 1. The summed E-state index contributed by atoms with van der Waals surface area (Å²) in [7, 11) is 3.19. The predicted octanol–water partition coefficient (Wildman–Crippen LogP) is 1.26. The lowest BCUT2D eigenvalue weighted by Gasteiger charge is -2.15. The van der Waals surface area contributed by atoms with E-state index in [1.165, 1.54) is 7.11 Å². The second-order valence-electron chi connectivity index (χ2n) is 3.34. The number of aliphatic carboxylic acids is 1. The first-order valence-corrected chi connectivity index (χ1v) is 5.00. The molecule has 0 aromatic carbocycles. The quantitative estimate of drug-likeness (QED) is 0.845. The van der Waals surface area contributed by atoms with Gasteiger partial charge in [-0.3, -0.25) is 14.7 Å². The number of hydrogen-bond acceptors (Lipinski definition) is 4. The van der Waals surface area contributed by atoms with Crippen LogP contribution in [0, 0.1) is 0 Å². The summed E-state index contributed by atoms with van der Waals surface area (Å²) in [6, 6.07) is 1.63. The zero-order valence-electron chi connectivity index (χ0n) is 9.11. The van der Waals surface area contributed by atoms with E-state index in [1.807, 2.05) is 0 Å². The van der Waals surface area contributed by atoms with Crippen molar-refractivity contribution < 1.29 is 14.6 Å². The Hall–Kier alpha value is -1.33. The smallest absolute Gasteiger partial charge is 0.317 e. The van der Waals surface area contributed by atoms with Crippen LogP contribution in [-0.2, 0) is 11.3 Å². The molecule has 0 aliphatic rings. The third kappa shape index (κ3) is 3.36. The normalized spacial score (nSPS) is 10.5. The topological polar surface area (TPSA) is 62.7 Å². The van der Waals surface area contributed by atoms with Crippen molar-refractivity contribution >= 4 is 17.6 Å². The summed E-state index contributed by atoms with van der Waals surface area (Å²) in [6.07, 6.45) is 1.56. The van der Waals surface area contributed by atoms with E-state index in [0.717, 1.165) is 0 Å². The molecular weight excluding hydrogens is 232 g/mol. The van der Waals surface area contributed by atoms with Gasteiger partial charge in [0.1, 0.15) is 0 Å². The van der Waals surface area contributed by atoms with Crippen LogP contribution in [0.2, 0.25) is 5.02 Å². The molecule has 0 radical (unpaired) electrons. The molecule has 1 N–H and O–H groups in total. The number of methoxy groups -OCH3 is 1. The van der Waals surface area contributed by atoms with Crippen LogP contribution in [0.1, 0.15) is 5.69 Å². The van der Waals surface area contributed by atoms with E-state index in [4.69, 9.17) is 21.4 Å². The summed E-state index contributed by atoms with van der Waals surface area (Å²) in [5.74, 6) is -0.398. The molecule has 88 valence electrons. The molecule has 0 fully saturated rings. The number of likely N-dealkylation sites (N-methyl/N-ethyl adjacent to an activating group) is 1. The average molecular weight is 245 g/mol. The SMILES string of the molecule is COc1c(Cl)ccnc1CN(C)CC(=O)O. The predicted molar refractivity (Wildman–Crippen MR) is 59.8 cm³/mol. The maximum absolute atomic E-state index is 10.5. The fourth-order valence-corrected chi connectivity index (χ4v) is 1.58. The van der Waals surface area contributed by atoms with Gasteiger partial charge in [-0.1, -0.05) is 11.6 Å².